The van der Waals surface area contributed by atoms with Gasteiger partial charge in [0.2, 0.25) is 11.9 Å². The maximum absolute atomic E-state index is 15.2. The van der Waals surface area contributed by atoms with Crippen LogP contribution >= 0.6 is 11.6 Å². The van der Waals surface area contributed by atoms with Crippen molar-refractivity contribution in [2.24, 2.45) is 10.7 Å². The standard InChI is InChI=1S/C24H21ClF2N6O/c1-29-21(4-7-28)32-24-30-8-5-20(31-24)16-10-15-6-9-33(23(15)19(27)11-16)22(34)12-14-2-3-17(26)13-18(14)25/h2-5,7-8,10-11,13H,6,9,12,28H2,1H3,(H,29,30,31,32). The molecule has 0 unspecified atom stereocenters. The van der Waals surface area contributed by atoms with Crippen molar-refractivity contribution in [2.75, 3.05) is 23.8 Å². The van der Waals surface area contributed by atoms with Gasteiger partial charge >= 0.3 is 0 Å². The molecule has 2 aromatic carbocycles. The number of hydrogen-bond donors (Lipinski definition) is 2. The van der Waals surface area contributed by atoms with Crippen LogP contribution in [0.4, 0.5) is 20.4 Å². The number of amides is 1. The molecule has 1 amide bonds. The lowest BCUT2D eigenvalue weighted by Gasteiger charge is -2.19. The SMILES string of the molecule is CN=C(C=CN)Nc1nccc(-c2cc(F)c3c(c2)CCN3C(=O)Cc2ccc(F)cc2Cl)n1. The van der Waals surface area contributed by atoms with Gasteiger partial charge in [0.15, 0.2) is 0 Å². The normalized spacial score (nSPS) is 13.4. The molecule has 3 aromatic rings. The smallest absolute Gasteiger partial charge is 0.231 e. The third-order valence-electron chi connectivity index (χ3n) is 5.36. The van der Waals surface area contributed by atoms with Crippen molar-refractivity contribution in [2.45, 2.75) is 12.8 Å². The summed E-state index contributed by atoms with van der Waals surface area (Å²) in [5, 5.41) is 3.10. The Hall–Kier alpha value is -3.85. The van der Waals surface area contributed by atoms with Crippen LogP contribution in [0.25, 0.3) is 11.3 Å². The number of nitrogens with two attached hydrogens (primary N) is 1. The molecule has 4 rings (SSSR count). The lowest BCUT2D eigenvalue weighted by Crippen LogP contribution is -2.31. The van der Waals surface area contributed by atoms with Crippen molar-refractivity contribution in [3.05, 3.63) is 82.7 Å². The molecule has 1 aliphatic heterocycles. The summed E-state index contributed by atoms with van der Waals surface area (Å²) < 4.78 is 28.5. The first-order valence-electron chi connectivity index (χ1n) is 10.4. The zero-order valence-corrected chi connectivity index (χ0v) is 19.0. The fraction of sp³-hybridized carbons (Fsp3) is 0.167. The second-order valence-electron chi connectivity index (χ2n) is 7.53. The average Bonchev–Trinajstić information content (AvgIpc) is 3.25. The number of aromatic nitrogens is 2. The lowest BCUT2D eigenvalue weighted by atomic mass is 10.0. The molecule has 0 fully saturated rings. The molecular formula is C24H21ClF2N6O. The van der Waals surface area contributed by atoms with E-state index in [0.717, 1.165) is 6.07 Å². The minimum absolute atomic E-state index is 0.0563. The quantitative estimate of drug-likeness (QED) is 0.421. The third kappa shape index (κ3) is 4.89. The summed E-state index contributed by atoms with van der Waals surface area (Å²) in [6.45, 7) is 0.339. The van der Waals surface area contributed by atoms with E-state index in [9.17, 15) is 9.18 Å². The van der Waals surface area contributed by atoms with Crippen LogP contribution in [0.15, 0.2) is 59.9 Å². The van der Waals surface area contributed by atoms with Crippen LogP contribution in [-0.4, -0.2) is 35.3 Å². The fourth-order valence-electron chi connectivity index (χ4n) is 3.77. The predicted molar refractivity (Wildman–Crippen MR) is 129 cm³/mol. The van der Waals surface area contributed by atoms with Crippen molar-refractivity contribution in [3.63, 3.8) is 0 Å². The second kappa shape index (κ2) is 9.96. The van der Waals surface area contributed by atoms with Crippen LogP contribution in [0.3, 0.4) is 0 Å². The Morgan fingerprint density at radius 1 is 1.29 bits per heavy atom. The van der Waals surface area contributed by atoms with Gasteiger partial charge in [0.25, 0.3) is 0 Å². The van der Waals surface area contributed by atoms with E-state index in [1.165, 1.54) is 29.3 Å². The Bertz CT molecular complexity index is 1310. The number of carbonyl (C=O) groups excluding carboxylic acids is 1. The molecule has 0 radical (unpaired) electrons. The molecule has 2 heterocycles. The summed E-state index contributed by atoms with van der Waals surface area (Å²) in [5.74, 6) is -0.575. The van der Waals surface area contributed by atoms with E-state index in [1.54, 1.807) is 25.4 Å². The Morgan fingerprint density at radius 3 is 2.85 bits per heavy atom. The van der Waals surface area contributed by atoms with Gasteiger partial charge in [-0.3, -0.25) is 9.79 Å². The summed E-state index contributed by atoms with van der Waals surface area (Å²) >= 11 is 6.05. The lowest BCUT2D eigenvalue weighted by molar-refractivity contribution is -0.117. The monoisotopic (exact) mass is 482 g/mol. The van der Waals surface area contributed by atoms with Crippen LogP contribution in [0, 0.1) is 11.6 Å². The summed E-state index contributed by atoms with van der Waals surface area (Å²) in [6.07, 6.45) is 4.89. The molecule has 174 valence electrons. The average molecular weight is 483 g/mol. The highest BCUT2D eigenvalue weighted by Crippen LogP contribution is 2.35. The highest BCUT2D eigenvalue weighted by atomic mass is 35.5. The maximum Gasteiger partial charge on any atom is 0.231 e. The van der Waals surface area contributed by atoms with Crippen molar-refractivity contribution in [3.8, 4) is 11.3 Å². The number of benzene rings is 2. The molecule has 0 saturated heterocycles. The maximum atomic E-state index is 15.2. The molecule has 34 heavy (non-hydrogen) atoms. The first kappa shape index (κ1) is 23.3. The van der Waals surface area contributed by atoms with Gasteiger partial charge in [-0.05, 0) is 60.2 Å². The van der Waals surface area contributed by atoms with Crippen LogP contribution in [0.1, 0.15) is 11.1 Å². The number of hydrogen-bond acceptors (Lipinski definition) is 5. The number of rotatable bonds is 5. The highest BCUT2D eigenvalue weighted by Gasteiger charge is 2.29. The van der Waals surface area contributed by atoms with E-state index in [0.29, 0.717) is 41.2 Å². The minimum Gasteiger partial charge on any atom is -0.404 e. The van der Waals surface area contributed by atoms with E-state index >= 15 is 4.39 Å². The molecule has 0 atom stereocenters. The van der Waals surface area contributed by atoms with Crippen molar-refractivity contribution in [1.82, 2.24) is 9.97 Å². The fourth-order valence-corrected chi connectivity index (χ4v) is 4.01. The Kier molecular flexibility index (Phi) is 6.83. The second-order valence-corrected chi connectivity index (χ2v) is 7.94. The molecule has 0 saturated carbocycles. The summed E-state index contributed by atoms with van der Waals surface area (Å²) in [7, 11) is 1.60. The Balaban J connectivity index is 1.58. The number of halogens is 3. The molecule has 10 heteroatoms. The van der Waals surface area contributed by atoms with Gasteiger partial charge in [-0.1, -0.05) is 17.7 Å². The number of anilines is 2. The van der Waals surface area contributed by atoms with Crippen LogP contribution < -0.4 is 16.0 Å². The van der Waals surface area contributed by atoms with Crippen molar-refractivity contribution < 1.29 is 13.6 Å². The molecular weight excluding hydrogens is 462 g/mol. The van der Waals surface area contributed by atoms with Gasteiger partial charge in [-0.25, -0.2) is 18.7 Å². The van der Waals surface area contributed by atoms with Crippen LogP contribution in [0.2, 0.25) is 5.02 Å². The molecule has 3 N–H and O–H groups in total. The predicted octanol–water partition coefficient (Wildman–Crippen LogP) is 4.12. The van der Waals surface area contributed by atoms with Crippen molar-refractivity contribution in [1.29, 1.82) is 0 Å². The first-order chi connectivity index (χ1) is 16.4. The van der Waals surface area contributed by atoms with Crippen LogP contribution in [-0.2, 0) is 17.6 Å². The number of nitrogens with one attached hydrogen (secondary N) is 1. The molecule has 0 aliphatic carbocycles. The molecule has 0 spiro atoms. The van der Waals surface area contributed by atoms with Gasteiger partial charge in [-0.2, -0.15) is 0 Å². The third-order valence-corrected chi connectivity index (χ3v) is 5.71. The first-order valence-corrected chi connectivity index (χ1v) is 10.8. The zero-order valence-electron chi connectivity index (χ0n) is 18.2. The number of amidine groups is 1. The molecule has 1 aromatic heterocycles. The van der Waals surface area contributed by atoms with E-state index in [1.807, 2.05) is 6.07 Å². The van der Waals surface area contributed by atoms with Gasteiger partial charge < -0.3 is 16.0 Å². The van der Waals surface area contributed by atoms with Gasteiger partial charge in [0, 0.05) is 30.4 Å². The van der Waals surface area contributed by atoms with E-state index in [-0.39, 0.29) is 29.0 Å². The van der Waals surface area contributed by atoms with Crippen LogP contribution in [0.5, 0.6) is 0 Å². The summed E-state index contributed by atoms with van der Waals surface area (Å²) in [6, 6.07) is 8.69. The number of carbonyl (C=O) groups is 1. The number of aliphatic imine (C=N–C) groups is 1. The Labute approximate surface area is 200 Å². The van der Waals surface area contributed by atoms with E-state index in [4.69, 9.17) is 17.3 Å². The van der Waals surface area contributed by atoms with Gasteiger partial charge in [-0.15, -0.1) is 0 Å². The Morgan fingerprint density at radius 2 is 2.12 bits per heavy atom. The number of fused-ring (bicyclic) bond motifs is 1. The number of nitrogens with zero attached hydrogens (tertiary/aromatic N) is 4. The largest absolute Gasteiger partial charge is 0.404 e. The van der Waals surface area contributed by atoms with Gasteiger partial charge in [0.1, 0.15) is 17.5 Å². The van der Waals surface area contributed by atoms with E-state index < -0.39 is 11.6 Å². The molecule has 7 nitrogen and oxygen atoms in total. The van der Waals surface area contributed by atoms with E-state index in [2.05, 4.69) is 20.3 Å². The zero-order chi connectivity index (χ0) is 24.2. The van der Waals surface area contributed by atoms with Crippen molar-refractivity contribution >= 4 is 35.0 Å². The molecule has 1 aliphatic rings. The minimum atomic E-state index is -0.529. The summed E-state index contributed by atoms with van der Waals surface area (Å²) in [4.78, 5) is 26.9. The highest BCUT2D eigenvalue weighted by molar-refractivity contribution is 6.31. The topological polar surface area (TPSA) is 96.5 Å². The van der Waals surface area contributed by atoms with Gasteiger partial charge in [0.05, 0.1) is 17.8 Å². The molecule has 0 bridgehead atoms. The summed E-state index contributed by atoms with van der Waals surface area (Å²) in [5.41, 5.74) is 7.90.